The largest absolute Gasteiger partial charge is 0.338 e. The maximum Gasteiger partial charge on any atom is 0.317 e. The molecule has 1 atom stereocenters. The number of sulfone groups is 1. The average Bonchev–Trinajstić information content (AvgIpc) is 2.59. The van der Waals surface area contributed by atoms with Crippen LogP contribution in [-0.2, 0) is 9.84 Å². The minimum Gasteiger partial charge on any atom is -0.338 e. The van der Waals surface area contributed by atoms with Crippen LogP contribution < -0.4 is 5.32 Å². The molecule has 1 rings (SSSR count). The lowest BCUT2D eigenvalue weighted by Crippen LogP contribution is -2.49. The van der Waals surface area contributed by atoms with E-state index in [1.807, 2.05) is 25.9 Å². The molecule has 1 aliphatic rings. The smallest absolute Gasteiger partial charge is 0.317 e. The van der Waals surface area contributed by atoms with Gasteiger partial charge in [0.25, 0.3) is 0 Å². The lowest BCUT2D eigenvalue weighted by atomic mass is 10.2. The number of hydrogen-bond acceptors (Lipinski definition) is 4. The molecule has 106 valence electrons. The van der Waals surface area contributed by atoms with Crippen molar-refractivity contribution in [2.45, 2.75) is 19.4 Å². The average molecular weight is 277 g/mol. The van der Waals surface area contributed by atoms with Crippen LogP contribution in [0.15, 0.2) is 0 Å². The number of carbonyl (C=O) groups excluding carboxylic acids is 1. The fourth-order valence-electron chi connectivity index (χ4n) is 2.03. The van der Waals surface area contributed by atoms with Gasteiger partial charge in [-0.2, -0.15) is 0 Å². The molecule has 0 spiro atoms. The highest BCUT2D eigenvalue weighted by Gasteiger charge is 2.34. The lowest BCUT2D eigenvalue weighted by Gasteiger charge is -2.29. The van der Waals surface area contributed by atoms with E-state index in [0.29, 0.717) is 19.5 Å². The summed E-state index contributed by atoms with van der Waals surface area (Å²) >= 11 is 0. The SMILES string of the molecule is CCNC(=O)N(CCN(C)C)C1CCS(=O)(=O)C1. The molecule has 1 fully saturated rings. The van der Waals surface area contributed by atoms with Crippen LogP contribution in [0.5, 0.6) is 0 Å². The molecule has 0 aromatic heterocycles. The van der Waals surface area contributed by atoms with Gasteiger partial charge in [0.2, 0.25) is 0 Å². The van der Waals surface area contributed by atoms with Gasteiger partial charge in [-0.3, -0.25) is 0 Å². The molecular formula is C11H23N3O3S. The van der Waals surface area contributed by atoms with Gasteiger partial charge in [-0.05, 0) is 27.4 Å². The summed E-state index contributed by atoms with van der Waals surface area (Å²) in [5.74, 6) is 0.285. The topological polar surface area (TPSA) is 69.7 Å². The summed E-state index contributed by atoms with van der Waals surface area (Å²) in [6.45, 7) is 3.69. The summed E-state index contributed by atoms with van der Waals surface area (Å²) in [5, 5.41) is 2.75. The van der Waals surface area contributed by atoms with Gasteiger partial charge in [0.15, 0.2) is 9.84 Å². The molecule has 6 nitrogen and oxygen atoms in total. The van der Waals surface area contributed by atoms with E-state index >= 15 is 0 Å². The Kier molecular flexibility index (Phi) is 5.40. The van der Waals surface area contributed by atoms with Crippen molar-refractivity contribution >= 4 is 15.9 Å². The molecule has 18 heavy (non-hydrogen) atoms. The fraction of sp³-hybridized carbons (Fsp3) is 0.909. The second-order valence-electron chi connectivity index (χ2n) is 4.89. The van der Waals surface area contributed by atoms with Crippen molar-refractivity contribution in [2.75, 3.05) is 45.2 Å². The summed E-state index contributed by atoms with van der Waals surface area (Å²) in [7, 11) is 0.901. The van der Waals surface area contributed by atoms with Gasteiger partial charge in [-0.15, -0.1) is 0 Å². The number of nitrogens with zero attached hydrogens (tertiary/aromatic N) is 2. The molecular weight excluding hydrogens is 254 g/mol. The van der Waals surface area contributed by atoms with Crippen molar-refractivity contribution in [1.82, 2.24) is 15.1 Å². The standard InChI is InChI=1S/C11H23N3O3S/c1-4-12-11(15)14(7-6-13(2)3)10-5-8-18(16,17)9-10/h10H,4-9H2,1-3H3,(H,12,15). The van der Waals surface area contributed by atoms with Crippen LogP contribution in [0.25, 0.3) is 0 Å². The first kappa shape index (κ1) is 15.2. The van der Waals surface area contributed by atoms with Crippen molar-refractivity contribution in [1.29, 1.82) is 0 Å². The van der Waals surface area contributed by atoms with Crippen LogP contribution in [0.4, 0.5) is 4.79 Å². The Bertz CT molecular complexity index is 381. The highest BCUT2D eigenvalue weighted by atomic mass is 32.2. The van der Waals surface area contributed by atoms with Gasteiger partial charge in [0, 0.05) is 25.7 Å². The summed E-state index contributed by atoms with van der Waals surface area (Å²) in [6, 6.07) is -0.344. The van der Waals surface area contributed by atoms with Crippen LogP contribution in [-0.4, -0.2) is 75.5 Å². The maximum absolute atomic E-state index is 12.0. The third-order valence-corrected chi connectivity index (χ3v) is 4.78. The Hall–Kier alpha value is -0.820. The summed E-state index contributed by atoms with van der Waals surface area (Å²) in [6.07, 6.45) is 0.549. The molecule has 1 saturated heterocycles. The minimum atomic E-state index is -2.96. The Balaban J connectivity index is 2.68. The molecule has 0 aromatic carbocycles. The van der Waals surface area contributed by atoms with Crippen LogP contribution >= 0.6 is 0 Å². The predicted molar refractivity (Wildman–Crippen MR) is 71.4 cm³/mol. The quantitative estimate of drug-likeness (QED) is 0.753. The Labute approximate surface area is 109 Å². The summed E-state index contributed by atoms with van der Waals surface area (Å²) in [4.78, 5) is 15.6. The number of hydrogen-bond donors (Lipinski definition) is 1. The molecule has 1 aliphatic heterocycles. The summed E-state index contributed by atoms with van der Waals surface area (Å²) in [5.41, 5.74) is 0. The van der Waals surface area contributed by atoms with Gasteiger partial charge in [-0.25, -0.2) is 13.2 Å². The number of carbonyl (C=O) groups is 1. The first-order valence-corrected chi connectivity index (χ1v) is 8.07. The van der Waals surface area contributed by atoms with Gasteiger partial charge in [-0.1, -0.05) is 0 Å². The first-order valence-electron chi connectivity index (χ1n) is 6.25. The second-order valence-corrected chi connectivity index (χ2v) is 7.12. The molecule has 1 N–H and O–H groups in total. The van der Waals surface area contributed by atoms with Gasteiger partial charge < -0.3 is 15.1 Å². The highest BCUT2D eigenvalue weighted by molar-refractivity contribution is 7.91. The molecule has 7 heteroatoms. The van der Waals surface area contributed by atoms with Crippen LogP contribution in [0.1, 0.15) is 13.3 Å². The van der Waals surface area contributed by atoms with Crippen LogP contribution in [0.3, 0.4) is 0 Å². The van der Waals surface area contributed by atoms with E-state index in [2.05, 4.69) is 5.32 Å². The number of likely N-dealkylation sites (N-methyl/N-ethyl adjacent to an activating group) is 1. The Morgan fingerprint density at radius 3 is 2.44 bits per heavy atom. The molecule has 0 aromatic rings. The maximum atomic E-state index is 12.0. The Morgan fingerprint density at radius 1 is 1.33 bits per heavy atom. The molecule has 0 bridgehead atoms. The van der Waals surface area contributed by atoms with Gasteiger partial charge >= 0.3 is 6.03 Å². The lowest BCUT2D eigenvalue weighted by molar-refractivity contribution is 0.173. The molecule has 2 amide bonds. The zero-order valence-electron chi connectivity index (χ0n) is 11.3. The molecule has 1 heterocycles. The number of urea groups is 1. The Morgan fingerprint density at radius 2 is 2.00 bits per heavy atom. The van der Waals surface area contributed by atoms with Gasteiger partial charge in [0.1, 0.15) is 0 Å². The third-order valence-electron chi connectivity index (χ3n) is 3.03. The number of nitrogens with one attached hydrogen (secondary N) is 1. The van der Waals surface area contributed by atoms with E-state index in [4.69, 9.17) is 0 Å². The fourth-order valence-corrected chi connectivity index (χ4v) is 3.76. The van der Waals surface area contributed by atoms with Crippen molar-refractivity contribution in [3.63, 3.8) is 0 Å². The van der Waals surface area contributed by atoms with Crippen molar-refractivity contribution < 1.29 is 13.2 Å². The van der Waals surface area contributed by atoms with E-state index in [1.54, 1.807) is 4.90 Å². The van der Waals surface area contributed by atoms with Crippen LogP contribution in [0, 0.1) is 0 Å². The predicted octanol–water partition coefficient (Wildman–Crippen LogP) is -0.233. The summed E-state index contributed by atoms with van der Waals surface area (Å²) < 4.78 is 23.0. The van der Waals surface area contributed by atoms with Crippen molar-refractivity contribution in [3.05, 3.63) is 0 Å². The molecule has 1 unspecified atom stereocenters. The molecule has 0 radical (unpaired) electrons. The molecule has 0 saturated carbocycles. The monoisotopic (exact) mass is 277 g/mol. The first-order chi connectivity index (χ1) is 8.35. The minimum absolute atomic E-state index is 0.0948. The highest BCUT2D eigenvalue weighted by Crippen LogP contribution is 2.17. The van der Waals surface area contributed by atoms with Crippen molar-refractivity contribution in [2.24, 2.45) is 0 Å². The van der Waals surface area contributed by atoms with E-state index in [1.165, 1.54) is 0 Å². The third kappa shape index (κ3) is 4.45. The van der Waals surface area contributed by atoms with Gasteiger partial charge in [0.05, 0.1) is 11.5 Å². The number of rotatable bonds is 5. The zero-order chi connectivity index (χ0) is 13.8. The van der Waals surface area contributed by atoms with E-state index in [-0.39, 0.29) is 23.6 Å². The molecule has 0 aliphatic carbocycles. The van der Waals surface area contributed by atoms with Crippen molar-refractivity contribution in [3.8, 4) is 0 Å². The van der Waals surface area contributed by atoms with E-state index in [9.17, 15) is 13.2 Å². The second kappa shape index (κ2) is 6.38. The normalized spacial score (nSPS) is 22.1. The zero-order valence-corrected chi connectivity index (χ0v) is 12.2. The van der Waals surface area contributed by atoms with Crippen LogP contribution in [0.2, 0.25) is 0 Å². The van der Waals surface area contributed by atoms with E-state index < -0.39 is 9.84 Å². The van der Waals surface area contributed by atoms with E-state index in [0.717, 1.165) is 6.54 Å². The number of amides is 2.